The molecule has 2 atom stereocenters. The number of rotatable bonds is 7. The van der Waals surface area contributed by atoms with E-state index in [1.807, 2.05) is 30.9 Å². The lowest BCUT2D eigenvalue weighted by Gasteiger charge is -2.27. The number of likely N-dealkylation sites (N-methyl/N-ethyl adjacent to an activating group) is 1. The van der Waals surface area contributed by atoms with Crippen LogP contribution in [0.3, 0.4) is 0 Å². The number of thioether (sulfide) groups is 1. The standard InChI is InChI=1S/C21H30N4OS/c1-22-21(23-14-19(24(2)3)20-10-7-13-26-20)25-12-11-17(15-25)16-27-18-8-5-4-6-9-18/h4-10,13,17,19H,11-12,14-16H2,1-3H3,(H,22,23). The van der Waals surface area contributed by atoms with Crippen molar-refractivity contribution in [2.45, 2.75) is 17.4 Å². The molecule has 1 aromatic heterocycles. The van der Waals surface area contributed by atoms with Gasteiger partial charge in [0.25, 0.3) is 0 Å². The van der Waals surface area contributed by atoms with Gasteiger partial charge in [0, 0.05) is 37.3 Å². The maximum Gasteiger partial charge on any atom is 0.193 e. The van der Waals surface area contributed by atoms with Gasteiger partial charge in [-0.1, -0.05) is 18.2 Å². The number of nitrogens with one attached hydrogen (secondary N) is 1. The van der Waals surface area contributed by atoms with Crippen LogP contribution in [0.5, 0.6) is 0 Å². The summed E-state index contributed by atoms with van der Waals surface area (Å²) in [5.74, 6) is 3.81. The van der Waals surface area contributed by atoms with Crippen LogP contribution in [-0.4, -0.2) is 62.3 Å². The highest BCUT2D eigenvalue weighted by Gasteiger charge is 2.26. The molecule has 0 aliphatic carbocycles. The van der Waals surface area contributed by atoms with Crippen molar-refractivity contribution in [3.05, 3.63) is 54.5 Å². The number of likely N-dealkylation sites (tertiary alicyclic amines) is 1. The van der Waals surface area contributed by atoms with Crippen molar-refractivity contribution in [3.63, 3.8) is 0 Å². The molecule has 0 radical (unpaired) electrons. The largest absolute Gasteiger partial charge is 0.468 e. The second kappa shape index (κ2) is 9.85. The fraction of sp³-hybridized carbons (Fsp3) is 0.476. The minimum atomic E-state index is 0.184. The van der Waals surface area contributed by atoms with Gasteiger partial charge in [-0.2, -0.15) is 0 Å². The van der Waals surface area contributed by atoms with Crippen LogP contribution in [0.2, 0.25) is 0 Å². The van der Waals surface area contributed by atoms with Gasteiger partial charge in [0.15, 0.2) is 5.96 Å². The van der Waals surface area contributed by atoms with Gasteiger partial charge in [-0.15, -0.1) is 11.8 Å². The zero-order chi connectivity index (χ0) is 19.1. The molecule has 3 rings (SSSR count). The Labute approximate surface area is 166 Å². The van der Waals surface area contributed by atoms with E-state index in [0.29, 0.717) is 5.92 Å². The van der Waals surface area contributed by atoms with Crippen LogP contribution in [0.15, 0.2) is 63.0 Å². The van der Waals surface area contributed by atoms with Crippen LogP contribution in [0.25, 0.3) is 0 Å². The predicted octanol–water partition coefficient (Wildman–Crippen LogP) is 3.57. The molecule has 1 aromatic carbocycles. The summed E-state index contributed by atoms with van der Waals surface area (Å²) in [5, 5.41) is 3.54. The lowest BCUT2D eigenvalue weighted by molar-refractivity contribution is 0.256. The molecular weight excluding hydrogens is 356 g/mol. The normalized spacial score (nSPS) is 18.9. The van der Waals surface area contributed by atoms with Crippen LogP contribution in [0.1, 0.15) is 18.2 Å². The number of furan rings is 1. The third-order valence-electron chi connectivity index (χ3n) is 4.97. The van der Waals surface area contributed by atoms with Gasteiger partial charge in [-0.25, -0.2) is 0 Å². The summed E-state index contributed by atoms with van der Waals surface area (Å²) in [4.78, 5) is 10.4. The summed E-state index contributed by atoms with van der Waals surface area (Å²) in [6.45, 7) is 2.90. The van der Waals surface area contributed by atoms with Crippen molar-refractivity contribution in [2.24, 2.45) is 10.9 Å². The summed E-state index contributed by atoms with van der Waals surface area (Å²) >= 11 is 1.95. The summed E-state index contributed by atoms with van der Waals surface area (Å²) in [6, 6.07) is 14.8. The van der Waals surface area contributed by atoms with Crippen LogP contribution in [0.4, 0.5) is 0 Å². The molecule has 27 heavy (non-hydrogen) atoms. The minimum absolute atomic E-state index is 0.184. The average Bonchev–Trinajstić information content (AvgIpc) is 3.36. The van der Waals surface area contributed by atoms with Gasteiger partial charge in [0.1, 0.15) is 5.76 Å². The van der Waals surface area contributed by atoms with E-state index in [2.05, 4.69) is 64.5 Å². The Kier molecular flexibility index (Phi) is 7.24. The van der Waals surface area contributed by atoms with Crippen molar-refractivity contribution >= 4 is 17.7 Å². The van der Waals surface area contributed by atoms with Crippen LogP contribution in [-0.2, 0) is 0 Å². The topological polar surface area (TPSA) is 44.0 Å². The highest BCUT2D eigenvalue weighted by Crippen LogP contribution is 2.26. The average molecular weight is 387 g/mol. The molecule has 1 fully saturated rings. The summed E-state index contributed by atoms with van der Waals surface area (Å²) in [5.41, 5.74) is 0. The molecule has 2 aromatic rings. The first kappa shape index (κ1) is 19.8. The number of guanidine groups is 1. The summed E-state index contributed by atoms with van der Waals surface area (Å²) < 4.78 is 5.60. The molecule has 1 saturated heterocycles. The van der Waals surface area contributed by atoms with Crippen molar-refractivity contribution in [2.75, 3.05) is 46.5 Å². The van der Waals surface area contributed by atoms with Gasteiger partial charge < -0.3 is 14.6 Å². The molecule has 1 aliphatic rings. The molecule has 146 valence electrons. The third kappa shape index (κ3) is 5.53. The Morgan fingerprint density at radius 1 is 1.30 bits per heavy atom. The molecule has 5 nitrogen and oxygen atoms in total. The number of hydrogen-bond acceptors (Lipinski definition) is 4. The Hall–Kier alpha value is -1.92. The molecule has 2 unspecified atom stereocenters. The van der Waals surface area contributed by atoms with E-state index in [1.165, 1.54) is 11.3 Å². The molecule has 0 bridgehead atoms. The van der Waals surface area contributed by atoms with E-state index < -0.39 is 0 Å². The lowest BCUT2D eigenvalue weighted by Crippen LogP contribution is -2.43. The molecule has 1 N–H and O–H groups in total. The Morgan fingerprint density at radius 2 is 2.11 bits per heavy atom. The molecule has 0 spiro atoms. The molecule has 0 saturated carbocycles. The second-order valence-electron chi connectivity index (χ2n) is 7.15. The fourth-order valence-electron chi connectivity index (χ4n) is 3.43. The Morgan fingerprint density at radius 3 is 2.78 bits per heavy atom. The van der Waals surface area contributed by atoms with Gasteiger partial charge in [-0.3, -0.25) is 9.89 Å². The summed E-state index contributed by atoms with van der Waals surface area (Å²) in [6.07, 6.45) is 2.95. The number of nitrogens with zero attached hydrogens (tertiary/aromatic N) is 3. The van der Waals surface area contributed by atoms with E-state index >= 15 is 0 Å². The predicted molar refractivity (Wildman–Crippen MR) is 113 cm³/mol. The Bertz CT molecular complexity index is 702. The van der Waals surface area contributed by atoms with Gasteiger partial charge >= 0.3 is 0 Å². The molecular formula is C21H30N4OS. The van der Waals surface area contributed by atoms with Crippen molar-refractivity contribution in [3.8, 4) is 0 Å². The minimum Gasteiger partial charge on any atom is -0.468 e. The summed E-state index contributed by atoms with van der Waals surface area (Å²) in [7, 11) is 6.01. The zero-order valence-corrected chi connectivity index (χ0v) is 17.3. The van der Waals surface area contributed by atoms with Gasteiger partial charge in [0.2, 0.25) is 0 Å². The fourth-order valence-corrected chi connectivity index (χ4v) is 4.48. The molecule has 2 heterocycles. The monoisotopic (exact) mass is 386 g/mol. The number of hydrogen-bond donors (Lipinski definition) is 1. The van der Waals surface area contributed by atoms with E-state index in [4.69, 9.17) is 4.42 Å². The van der Waals surface area contributed by atoms with Gasteiger partial charge in [-0.05, 0) is 50.7 Å². The van der Waals surface area contributed by atoms with Crippen LogP contribution in [0, 0.1) is 5.92 Å². The van der Waals surface area contributed by atoms with E-state index in [-0.39, 0.29) is 6.04 Å². The van der Waals surface area contributed by atoms with Crippen molar-refractivity contribution in [1.29, 1.82) is 0 Å². The van der Waals surface area contributed by atoms with Crippen LogP contribution >= 0.6 is 11.8 Å². The van der Waals surface area contributed by atoms with Gasteiger partial charge in [0.05, 0.1) is 12.3 Å². The SMILES string of the molecule is CN=C(NCC(c1ccco1)N(C)C)N1CCC(CSc2ccccc2)C1. The first-order valence-electron chi connectivity index (χ1n) is 9.50. The van der Waals surface area contributed by atoms with Crippen molar-refractivity contribution in [1.82, 2.24) is 15.1 Å². The van der Waals surface area contributed by atoms with Crippen molar-refractivity contribution < 1.29 is 4.42 Å². The molecule has 0 amide bonds. The Balaban J connectivity index is 1.49. The highest BCUT2D eigenvalue weighted by atomic mass is 32.2. The highest BCUT2D eigenvalue weighted by molar-refractivity contribution is 7.99. The number of benzene rings is 1. The van der Waals surface area contributed by atoms with E-state index in [9.17, 15) is 0 Å². The first-order valence-corrected chi connectivity index (χ1v) is 10.5. The quantitative estimate of drug-likeness (QED) is 0.448. The zero-order valence-electron chi connectivity index (χ0n) is 16.5. The lowest BCUT2D eigenvalue weighted by atomic mass is 10.2. The third-order valence-corrected chi connectivity index (χ3v) is 6.22. The van der Waals surface area contributed by atoms with E-state index in [1.54, 1.807) is 6.26 Å². The smallest absolute Gasteiger partial charge is 0.193 e. The first-order chi connectivity index (χ1) is 13.2. The molecule has 1 aliphatic heterocycles. The molecule has 6 heteroatoms. The van der Waals surface area contributed by atoms with Crippen LogP contribution < -0.4 is 5.32 Å². The van der Waals surface area contributed by atoms with E-state index in [0.717, 1.165) is 37.1 Å². The maximum atomic E-state index is 5.60. The number of aliphatic imine (C=N–C) groups is 1. The maximum absolute atomic E-state index is 5.60. The second-order valence-corrected chi connectivity index (χ2v) is 8.24.